The fourth-order valence-electron chi connectivity index (χ4n) is 4.45. The summed E-state index contributed by atoms with van der Waals surface area (Å²) in [6, 6.07) is 12.4. The molecule has 1 saturated heterocycles. The lowest BCUT2D eigenvalue weighted by Gasteiger charge is -2.17. The zero-order chi connectivity index (χ0) is 22.6. The number of imidazole rings is 1. The van der Waals surface area contributed by atoms with Crippen LogP contribution in [0.25, 0.3) is 21.7 Å². The molecule has 5 rings (SSSR count). The highest BCUT2D eigenvalue weighted by Crippen LogP contribution is 2.30. The number of hydrogen-bond donors (Lipinski definition) is 1. The third-order valence-corrected chi connectivity index (χ3v) is 7.18. The van der Waals surface area contributed by atoms with Crippen LogP contribution in [0.2, 0.25) is 0 Å². The van der Waals surface area contributed by atoms with Crippen LogP contribution in [0.1, 0.15) is 31.9 Å². The molecule has 1 atom stereocenters. The van der Waals surface area contributed by atoms with Crippen molar-refractivity contribution in [2.45, 2.75) is 45.3 Å². The number of aromatic nitrogens is 3. The van der Waals surface area contributed by atoms with Gasteiger partial charge in [-0.05, 0) is 80.6 Å². The molecule has 34 heavy (non-hydrogen) atoms. The van der Waals surface area contributed by atoms with Crippen LogP contribution >= 0.6 is 23.7 Å². The molecule has 1 N–H and O–H groups in total. The first kappa shape index (κ1) is 24.6. The van der Waals surface area contributed by atoms with Gasteiger partial charge in [-0.25, -0.2) is 4.98 Å². The fourth-order valence-corrected chi connectivity index (χ4v) is 5.30. The Balaban J connectivity index is 0.00000274. The minimum absolute atomic E-state index is 0. The number of fused-ring (bicyclic) bond motifs is 1. The molecule has 0 radical (unpaired) electrons. The molecule has 6 nitrogen and oxygen atoms in total. The first-order chi connectivity index (χ1) is 16.2. The smallest absolute Gasteiger partial charge is 0.157 e. The molecular formula is C26H33ClN4O2S. The number of thiophene rings is 1. The van der Waals surface area contributed by atoms with Gasteiger partial charge in [-0.3, -0.25) is 0 Å². The number of ether oxygens (including phenoxy) is 2. The Bertz CT molecular complexity index is 1190. The number of halogens is 1. The van der Waals surface area contributed by atoms with E-state index in [2.05, 4.69) is 52.1 Å². The SMILES string of the molecule is CCc1cn(CCOc2ccc(OC3CCCNCC3)cc2)c(-c2cc3sccc3n2C)n1.Cl. The van der Waals surface area contributed by atoms with Gasteiger partial charge in [-0.1, -0.05) is 6.92 Å². The van der Waals surface area contributed by atoms with E-state index in [-0.39, 0.29) is 12.4 Å². The highest BCUT2D eigenvalue weighted by Gasteiger charge is 2.16. The third kappa shape index (κ3) is 5.43. The molecule has 4 aromatic rings. The van der Waals surface area contributed by atoms with Crippen LogP contribution in [0.4, 0.5) is 0 Å². The van der Waals surface area contributed by atoms with Gasteiger partial charge in [-0.15, -0.1) is 23.7 Å². The molecule has 1 unspecified atom stereocenters. The maximum Gasteiger partial charge on any atom is 0.157 e. The van der Waals surface area contributed by atoms with Gasteiger partial charge in [0, 0.05) is 13.2 Å². The summed E-state index contributed by atoms with van der Waals surface area (Å²) in [6.07, 6.45) is 6.70. The van der Waals surface area contributed by atoms with Crippen LogP contribution in [0.3, 0.4) is 0 Å². The molecule has 1 aliphatic heterocycles. The van der Waals surface area contributed by atoms with E-state index < -0.39 is 0 Å². The van der Waals surface area contributed by atoms with Crippen molar-refractivity contribution in [1.82, 2.24) is 19.4 Å². The minimum Gasteiger partial charge on any atom is -0.492 e. The standard InChI is InChI=1S/C26H32N4O2S.ClH/c1-3-19-18-30(26(28-19)24-17-25-23(29(24)2)11-16-33-25)14-15-31-20-6-8-22(9-7-20)32-21-5-4-12-27-13-10-21;/h6-9,11,16-18,21,27H,3-5,10,12-15H2,1-2H3;1H. The maximum atomic E-state index is 6.16. The van der Waals surface area contributed by atoms with E-state index in [9.17, 15) is 0 Å². The average molecular weight is 501 g/mol. The third-order valence-electron chi connectivity index (χ3n) is 6.33. The summed E-state index contributed by atoms with van der Waals surface area (Å²) < 4.78 is 18.0. The van der Waals surface area contributed by atoms with Crippen molar-refractivity contribution >= 4 is 34.0 Å². The van der Waals surface area contributed by atoms with E-state index in [4.69, 9.17) is 14.5 Å². The molecular weight excluding hydrogens is 468 g/mol. The molecule has 0 spiro atoms. The first-order valence-corrected chi connectivity index (χ1v) is 12.8. The molecule has 1 fully saturated rings. The zero-order valence-corrected chi connectivity index (χ0v) is 21.5. The normalized spacial score (nSPS) is 16.2. The van der Waals surface area contributed by atoms with Crippen LogP contribution in [-0.2, 0) is 20.0 Å². The van der Waals surface area contributed by atoms with Crippen molar-refractivity contribution in [3.63, 3.8) is 0 Å². The maximum absolute atomic E-state index is 6.16. The van der Waals surface area contributed by atoms with Gasteiger partial charge in [0.15, 0.2) is 5.82 Å². The lowest BCUT2D eigenvalue weighted by molar-refractivity contribution is 0.187. The molecule has 1 aliphatic rings. The van der Waals surface area contributed by atoms with Gasteiger partial charge in [0.2, 0.25) is 0 Å². The lowest BCUT2D eigenvalue weighted by atomic mass is 10.1. The Morgan fingerprint density at radius 2 is 1.94 bits per heavy atom. The monoisotopic (exact) mass is 500 g/mol. The fraction of sp³-hybridized carbons (Fsp3) is 0.423. The number of nitrogens with one attached hydrogen (secondary N) is 1. The Morgan fingerprint density at radius 1 is 1.12 bits per heavy atom. The molecule has 0 amide bonds. The lowest BCUT2D eigenvalue weighted by Crippen LogP contribution is -2.19. The number of nitrogens with zero attached hydrogens (tertiary/aromatic N) is 3. The summed E-state index contributed by atoms with van der Waals surface area (Å²) in [7, 11) is 2.11. The Morgan fingerprint density at radius 3 is 2.74 bits per heavy atom. The van der Waals surface area contributed by atoms with E-state index in [0.29, 0.717) is 12.7 Å². The zero-order valence-electron chi connectivity index (χ0n) is 19.8. The van der Waals surface area contributed by atoms with Gasteiger partial charge in [0.05, 0.1) is 34.3 Å². The number of rotatable bonds is 8. The van der Waals surface area contributed by atoms with E-state index in [0.717, 1.165) is 67.6 Å². The van der Waals surface area contributed by atoms with E-state index in [1.54, 1.807) is 11.3 Å². The number of aryl methyl sites for hydroxylation is 2. The molecule has 182 valence electrons. The number of benzene rings is 1. The molecule has 3 aromatic heterocycles. The van der Waals surface area contributed by atoms with Gasteiger partial charge in [0.1, 0.15) is 18.1 Å². The summed E-state index contributed by atoms with van der Waals surface area (Å²) >= 11 is 1.77. The molecule has 4 heterocycles. The predicted octanol–water partition coefficient (Wildman–Crippen LogP) is 5.69. The Hall–Kier alpha value is -2.48. The van der Waals surface area contributed by atoms with E-state index >= 15 is 0 Å². The van der Waals surface area contributed by atoms with Crippen LogP contribution in [0.15, 0.2) is 48.0 Å². The van der Waals surface area contributed by atoms with Crippen molar-refractivity contribution in [3.05, 3.63) is 53.7 Å². The largest absolute Gasteiger partial charge is 0.492 e. The van der Waals surface area contributed by atoms with Crippen molar-refractivity contribution < 1.29 is 9.47 Å². The van der Waals surface area contributed by atoms with E-state index in [1.807, 2.05) is 24.3 Å². The predicted molar refractivity (Wildman–Crippen MR) is 142 cm³/mol. The Labute approximate surface area is 211 Å². The minimum atomic E-state index is 0. The van der Waals surface area contributed by atoms with Crippen molar-refractivity contribution in [2.75, 3.05) is 19.7 Å². The van der Waals surface area contributed by atoms with Crippen LogP contribution < -0.4 is 14.8 Å². The Kier molecular flexibility index (Phi) is 8.19. The summed E-state index contributed by atoms with van der Waals surface area (Å²) in [5, 5.41) is 5.56. The molecule has 0 saturated carbocycles. The van der Waals surface area contributed by atoms with Gasteiger partial charge < -0.3 is 23.9 Å². The summed E-state index contributed by atoms with van der Waals surface area (Å²) in [5.41, 5.74) is 3.50. The van der Waals surface area contributed by atoms with Crippen molar-refractivity contribution in [3.8, 4) is 23.0 Å². The molecule has 8 heteroatoms. The highest BCUT2D eigenvalue weighted by atomic mass is 35.5. The molecule has 1 aromatic carbocycles. The van der Waals surface area contributed by atoms with Crippen LogP contribution in [-0.4, -0.2) is 39.9 Å². The summed E-state index contributed by atoms with van der Waals surface area (Å²) in [5.74, 6) is 2.78. The van der Waals surface area contributed by atoms with Gasteiger partial charge in [-0.2, -0.15) is 0 Å². The first-order valence-electron chi connectivity index (χ1n) is 11.9. The van der Waals surface area contributed by atoms with Gasteiger partial charge in [0.25, 0.3) is 0 Å². The number of hydrogen-bond acceptors (Lipinski definition) is 5. The molecule has 0 bridgehead atoms. The second-order valence-electron chi connectivity index (χ2n) is 8.60. The topological polar surface area (TPSA) is 53.2 Å². The van der Waals surface area contributed by atoms with Crippen molar-refractivity contribution in [2.24, 2.45) is 7.05 Å². The average Bonchev–Trinajstić information content (AvgIpc) is 3.47. The van der Waals surface area contributed by atoms with E-state index in [1.165, 1.54) is 16.6 Å². The second-order valence-corrected chi connectivity index (χ2v) is 9.55. The quantitative estimate of drug-likeness (QED) is 0.338. The summed E-state index contributed by atoms with van der Waals surface area (Å²) in [4.78, 5) is 4.90. The highest BCUT2D eigenvalue weighted by molar-refractivity contribution is 7.17. The van der Waals surface area contributed by atoms with Crippen molar-refractivity contribution in [1.29, 1.82) is 0 Å². The van der Waals surface area contributed by atoms with Crippen LogP contribution in [0, 0.1) is 0 Å². The second kappa shape index (κ2) is 11.3. The molecule has 0 aliphatic carbocycles. The van der Waals surface area contributed by atoms with Gasteiger partial charge >= 0.3 is 0 Å². The van der Waals surface area contributed by atoms with Crippen LogP contribution in [0.5, 0.6) is 11.5 Å². The summed E-state index contributed by atoms with van der Waals surface area (Å²) in [6.45, 7) is 5.59.